The number of ether oxygens (including phenoxy) is 1. The third-order valence-electron chi connectivity index (χ3n) is 5.89. The largest absolute Gasteiger partial charge is 0.496 e. The Morgan fingerprint density at radius 2 is 2.00 bits per heavy atom. The van der Waals surface area contributed by atoms with E-state index in [2.05, 4.69) is 20.1 Å². The summed E-state index contributed by atoms with van der Waals surface area (Å²) in [4.78, 5) is 25.1. The number of imidazole rings is 1. The van der Waals surface area contributed by atoms with Gasteiger partial charge in [0.05, 0.1) is 52.8 Å². The summed E-state index contributed by atoms with van der Waals surface area (Å²) in [5, 5.41) is 4.88. The molecule has 0 aliphatic heterocycles. The molecule has 0 unspecified atom stereocenters. The lowest BCUT2D eigenvalue weighted by molar-refractivity contribution is 0.393. The first-order chi connectivity index (χ1) is 15.4. The summed E-state index contributed by atoms with van der Waals surface area (Å²) < 4.78 is 12.8. The van der Waals surface area contributed by atoms with Gasteiger partial charge in [-0.3, -0.25) is 14.5 Å². The van der Waals surface area contributed by atoms with Crippen molar-refractivity contribution >= 4 is 21.9 Å². The van der Waals surface area contributed by atoms with E-state index in [4.69, 9.17) is 9.26 Å². The third-order valence-corrected chi connectivity index (χ3v) is 5.89. The zero-order valence-corrected chi connectivity index (χ0v) is 18.6. The Kier molecular flexibility index (Phi) is 4.58. The van der Waals surface area contributed by atoms with Gasteiger partial charge in [0.15, 0.2) is 0 Å². The summed E-state index contributed by atoms with van der Waals surface area (Å²) in [6, 6.07) is 9.43. The van der Waals surface area contributed by atoms with Gasteiger partial charge >= 0.3 is 5.69 Å². The SMILES string of the molecule is COc1cc2c(cc1-c1c(C)noc1C)ncc1[nH]c(=O)n([C@H](C)c3cccc(C)n3)c12. The van der Waals surface area contributed by atoms with Gasteiger partial charge in [-0.15, -0.1) is 0 Å². The van der Waals surface area contributed by atoms with E-state index in [-0.39, 0.29) is 11.7 Å². The van der Waals surface area contributed by atoms with Crippen LogP contribution in [0.2, 0.25) is 0 Å². The second kappa shape index (κ2) is 7.33. The molecule has 0 amide bonds. The van der Waals surface area contributed by atoms with Crippen LogP contribution in [0.3, 0.4) is 0 Å². The Hall–Kier alpha value is -3.94. The maximum Gasteiger partial charge on any atom is 0.327 e. The minimum absolute atomic E-state index is 0.209. The summed E-state index contributed by atoms with van der Waals surface area (Å²) in [6.45, 7) is 7.68. The van der Waals surface area contributed by atoms with Gasteiger partial charge in [0.1, 0.15) is 11.5 Å². The molecule has 0 bridgehead atoms. The molecule has 0 saturated carbocycles. The smallest absolute Gasteiger partial charge is 0.327 e. The van der Waals surface area contributed by atoms with Crippen molar-refractivity contribution in [1.29, 1.82) is 0 Å². The molecular weight excluding hydrogens is 406 g/mol. The molecule has 1 aromatic carbocycles. The first-order valence-electron chi connectivity index (χ1n) is 10.4. The topological polar surface area (TPSA) is 98.8 Å². The van der Waals surface area contributed by atoms with E-state index >= 15 is 0 Å². The summed E-state index contributed by atoms with van der Waals surface area (Å²) in [5.41, 5.74) is 6.18. The number of fused-ring (bicyclic) bond motifs is 3. The summed E-state index contributed by atoms with van der Waals surface area (Å²) in [5.74, 6) is 1.36. The summed E-state index contributed by atoms with van der Waals surface area (Å²) >= 11 is 0. The van der Waals surface area contributed by atoms with Gasteiger partial charge in [-0.25, -0.2) is 4.79 Å². The fraction of sp³-hybridized carbons (Fsp3) is 0.250. The third kappa shape index (κ3) is 2.98. The molecule has 0 saturated heterocycles. The molecule has 1 N–H and O–H groups in total. The molecule has 8 nitrogen and oxygen atoms in total. The number of methoxy groups -OCH3 is 1. The van der Waals surface area contributed by atoms with E-state index in [1.165, 1.54) is 0 Å². The average Bonchev–Trinajstić information content (AvgIpc) is 3.30. The van der Waals surface area contributed by atoms with E-state index in [0.29, 0.717) is 17.0 Å². The Balaban J connectivity index is 1.81. The number of benzene rings is 1. The molecule has 0 fully saturated rings. The van der Waals surface area contributed by atoms with Crippen molar-refractivity contribution < 1.29 is 9.26 Å². The van der Waals surface area contributed by atoms with Gasteiger partial charge < -0.3 is 14.2 Å². The van der Waals surface area contributed by atoms with Gasteiger partial charge in [-0.1, -0.05) is 11.2 Å². The van der Waals surface area contributed by atoms with Crippen LogP contribution in [0.15, 0.2) is 45.8 Å². The van der Waals surface area contributed by atoms with E-state index in [9.17, 15) is 4.79 Å². The Morgan fingerprint density at radius 3 is 2.69 bits per heavy atom. The molecule has 0 spiro atoms. The van der Waals surface area contributed by atoms with Crippen molar-refractivity contribution in [2.75, 3.05) is 7.11 Å². The van der Waals surface area contributed by atoms with Crippen LogP contribution in [0, 0.1) is 20.8 Å². The van der Waals surface area contributed by atoms with Crippen LogP contribution in [0.5, 0.6) is 5.75 Å². The molecule has 162 valence electrons. The Morgan fingerprint density at radius 1 is 1.19 bits per heavy atom. The van der Waals surface area contributed by atoms with E-state index in [1.807, 2.05) is 58.0 Å². The zero-order valence-electron chi connectivity index (χ0n) is 18.6. The van der Waals surface area contributed by atoms with E-state index in [0.717, 1.165) is 44.6 Å². The number of rotatable bonds is 4. The predicted octanol–water partition coefficient (Wildman–Crippen LogP) is 4.47. The second-order valence-electron chi connectivity index (χ2n) is 7.97. The lowest BCUT2D eigenvalue weighted by atomic mass is 10.0. The minimum Gasteiger partial charge on any atom is -0.496 e. The number of nitrogens with zero attached hydrogens (tertiary/aromatic N) is 4. The molecular formula is C24H23N5O3. The van der Waals surface area contributed by atoms with Crippen LogP contribution in [0.25, 0.3) is 33.1 Å². The van der Waals surface area contributed by atoms with Crippen molar-refractivity contribution in [2.24, 2.45) is 0 Å². The molecule has 4 aromatic heterocycles. The standard InChI is InChI=1S/C24H23N5O3/c1-12-7-6-8-18(26-12)14(3)29-23-16-10-21(31-5)17(22-13(2)28-32-15(22)4)9-19(16)25-11-20(23)27-24(29)30/h6-11,14H,1-5H3,(H,27,30)/t14-/m1/s1. The quantitative estimate of drug-likeness (QED) is 0.453. The fourth-order valence-corrected chi connectivity index (χ4v) is 4.36. The number of hydrogen-bond donors (Lipinski definition) is 1. The molecule has 1 atom stereocenters. The normalized spacial score (nSPS) is 12.5. The summed E-state index contributed by atoms with van der Waals surface area (Å²) in [7, 11) is 1.62. The number of aromatic nitrogens is 5. The minimum atomic E-state index is -0.269. The van der Waals surface area contributed by atoms with Crippen LogP contribution >= 0.6 is 0 Å². The molecule has 32 heavy (non-hydrogen) atoms. The van der Waals surface area contributed by atoms with Gasteiger partial charge in [-0.05, 0) is 52.0 Å². The van der Waals surface area contributed by atoms with Gasteiger partial charge in [0, 0.05) is 16.6 Å². The lowest BCUT2D eigenvalue weighted by Gasteiger charge is -2.16. The number of H-pyrrole nitrogens is 1. The molecule has 5 aromatic rings. The van der Waals surface area contributed by atoms with E-state index in [1.54, 1.807) is 17.9 Å². The molecule has 4 heterocycles. The van der Waals surface area contributed by atoms with Crippen LogP contribution in [0.4, 0.5) is 0 Å². The van der Waals surface area contributed by atoms with Crippen molar-refractivity contribution in [3.8, 4) is 16.9 Å². The number of nitrogens with one attached hydrogen (secondary N) is 1. The van der Waals surface area contributed by atoms with Gasteiger partial charge in [-0.2, -0.15) is 0 Å². The number of aryl methyl sites for hydroxylation is 3. The molecule has 0 aliphatic rings. The van der Waals surface area contributed by atoms with Crippen LogP contribution in [0.1, 0.15) is 35.8 Å². The van der Waals surface area contributed by atoms with Crippen molar-refractivity contribution in [3.05, 3.63) is 69.9 Å². The van der Waals surface area contributed by atoms with Crippen LogP contribution in [-0.2, 0) is 0 Å². The highest BCUT2D eigenvalue weighted by atomic mass is 16.5. The number of hydrogen-bond acceptors (Lipinski definition) is 6. The van der Waals surface area contributed by atoms with Gasteiger partial charge in [0.25, 0.3) is 0 Å². The maximum absolute atomic E-state index is 13.0. The monoisotopic (exact) mass is 429 g/mol. The number of aromatic amines is 1. The molecule has 8 heteroatoms. The van der Waals surface area contributed by atoms with Crippen LogP contribution < -0.4 is 10.4 Å². The average molecular weight is 429 g/mol. The van der Waals surface area contributed by atoms with Crippen molar-refractivity contribution in [3.63, 3.8) is 0 Å². The van der Waals surface area contributed by atoms with E-state index < -0.39 is 0 Å². The number of pyridine rings is 2. The molecule has 0 radical (unpaired) electrons. The predicted molar refractivity (Wildman–Crippen MR) is 122 cm³/mol. The van der Waals surface area contributed by atoms with Gasteiger partial charge in [0.2, 0.25) is 0 Å². The van der Waals surface area contributed by atoms with Crippen molar-refractivity contribution in [2.45, 2.75) is 33.7 Å². The molecule has 0 aliphatic carbocycles. The summed E-state index contributed by atoms with van der Waals surface area (Å²) in [6.07, 6.45) is 1.69. The fourth-order valence-electron chi connectivity index (χ4n) is 4.36. The van der Waals surface area contributed by atoms with Crippen molar-refractivity contribution in [1.82, 2.24) is 24.7 Å². The highest BCUT2D eigenvalue weighted by Crippen LogP contribution is 2.39. The Labute approximate surface area is 183 Å². The zero-order chi connectivity index (χ0) is 22.6. The lowest BCUT2D eigenvalue weighted by Crippen LogP contribution is -2.22. The maximum atomic E-state index is 13.0. The highest BCUT2D eigenvalue weighted by molar-refractivity contribution is 6.04. The first kappa shape index (κ1) is 20.0. The molecule has 5 rings (SSSR count). The highest BCUT2D eigenvalue weighted by Gasteiger charge is 2.22. The first-order valence-corrected chi connectivity index (χ1v) is 10.4. The second-order valence-corrected chi connectivity index (χ2v) is 7.97. The Bertz CT molecular complexity index is 1520. The van der Waals surface area contributed by atoms with Crippen LogP contribution in [-0.4, -0.2) is 31.8 Å².